The van der Waals surface area contributed by atoms with Crippen molar-refractivity contribution in [3.8, 4) is 6.07 Å². The monoisotopic (exact) mass is 142 g/mol. The minimum absolute atomic E-state index is 0.0324. The number of hydrogen-bond acceptors (Lipinski definition) is 4. The predicted molar refractivity (Wildman–Crippen MR) is 35.9 cm³/mol. The molecule has 1 N–H and O–H groups in total. The summed E-state index contributed by atoms with van der Waals surface area (Å²) in [7, 11) is 1.45. The van der Waals surface area contributed by atoms with Gasteiger partial charge in [0.25, 0.3) is 0 Å². The molecule has 0 atom stereocenters. The molecule has 0 fully saturated rings. The van der Waals surface area contributed by atoms with Crippen molar-refractivity contribution in [1.29, 1.82) is 5.26 Å². The van der Waals surface area contributed by atoms with E-state index in [2.05, 4.69) is 5.16 Å². The molecular formula is C6H10N2O2. The second-order valence-electron chi connectivity index (χ2n) is 2.27. The first-order chi connectivity index (χ1) is 4.58. The molecule has 0 spiro atoms. The van der Waals surface area contributed by atoms with Gasteiger partial charge in [0.15, 0.2) is 5.71 Å². The van der Waals surface area contributed by atoms with Crippen molar-refractivity contribution in [2.75, 3.05) is 7.11 Å². The van der Waals surface area contributed by atoms with Crippen LogP contribution < -0.4 is 0 Å². The largest absolute Gasteiger partial charge is 0.410 e. The van der Waals surface area contributed by atoms with E-state index in [0.717, 1.165) is 0 Å². The summed E-state index contributed by atoms with van der Waals surface area (Å²) in [4.78, 5) is 0. The van der Waals surface area contributed by atoms with Crippen LogP contribution in [0.15, 0.2) is 5.16 Å². The Bertz CT molecular complexity index is 179. The predicted octanol–water partition coefficient (Wildman–Crippen LogP) is 0.765. The van der Waals surface area contributed by atoms with Crippen LogP contribution in [-0.2, 0) is 4.74 Å². The highest BCUT2D eigenvalue weighted by Gasteiger charge is 2.24. The number of nitrogens with zero attached hydrogens (tertiary/aromatic N) is 2. The Balaban J connectivity index is 4.48. The maximum absolute atomic E-state index is 8.37. The molecule has 4 nitrogen and oxygen atoms in total. The van der Waals surface area contributed by atoms with Crippen LogP contribution in [0.25, 0.3) is 0 Å². The normalized spacial score (nSPS) is 12.8. The van der Waals surface area contributed by atoms with Crippen LogP contribution >= 0.6 is 0 Å². The van der Waals surface area contributed by atoms with Gasteiger partial charge in [-0.25, -0.2) is 0 Å². The molecule has 0 heterocycles. The molecule has 0 saturated carbocycles. The van der Waals surface area contributed by atoms with Gasteiger partial charge in [-0.2, -0.15) is 5.26 Å². The SMILES string of the molecule is COC(C)(C)/C(C#N)=N/O. The van der Waals surface area contributed by atoms with Gasteiger partial charge >= 0.3 is 0 Å². The number of nitriles is 1. The third-order valence-electron chi connectivity index (χ3n) is 1.29. The van der Waals surface area contributed by atoms with Gasteiger partial charge in [-0.05, 0) is 13.8 Å². The summed E-state index contributed by atoms with van der Waals surface area (Å²) in [6.07, 6.45) is 0. The third-order valence-corrected chi connectivity index (χ3v) is 1.29. The second-order valence-corrected chi connectivity index (χ2v) is 2.27. The standard InChI is InChI=1S/C6H10N2O2/c1-6(2,10-3)5(4-7)8-9/h9H,1-3H3/b8-5+. The lowest BCUT2D eigenvalue weighted by Gasteiger charge is -2.18. The Kier molecular flexibility index (Phi) is 2.84. The summed E-state index contributed by atoms with van der Waals surface area (Å²) in [6.45, 7) is 3.29. The zero-order chi connectivity index (χ0) is 8.20. The first kappa shape index (κ1) is 8.92. The van der Waals surface area contributed by atoms with Gasteiger partial charge in [0.2, 0.25) is 0 Å². The van der Waals surface area contributed by atoms with Crippen LogP contribution in [0.2, 0.25) is 0 Å². The van der Waals surface area contributed by atoms with Crippen LogP contribution in [-0.4, -0.2) is 23.6 Å². The average molecular weight is 142 g/mol. The molecule has 0 radical (unpaired) electrons. The minimum atomic E-state index is -0.802. The summed E-state index contributed by atoms with van der Waals surface area (Å²) < 4.78 is 4.87. The van der Waals surface area contributed by atoms with Gasteiger partial charge in [-0.15, -0.1) is 0 Å². The maximum atomic E-state index is 8.37. The van der Waals surface area contributed by atoms with Crippen LogP contribution in [0.1, 0.15) is 13.8 Å². The maximum Gasteiger partial charge on any atom is 0.187 e. The second kappa shape index (κ2) is 3.18. The van der Waals surface area contributed by atoms with Gasteiger partial charge in [0.05, 0.1) is 0 Å². The van der Waals surface area contributed by atoms with Crippen LogP contribution in [0.4, 0.5) is 0 Å². The minimum Gasteiger partial charge on any atom is -0.410 e. The first-order valence-corrected chi connectivity index (χ1v) is 2.76. The van der Waals surface area contributed by atoms with Crippen molar-refractivity contribution in [3.63, 3.8) is 0 Å². The summed E-state index contributed by atoms with van der Waals surface area (Å²) in [6, 6.07) is 1.72. The molecule has 4 heteroatoms. The molecule has 0 bridgehead atoms. The molecule has 0 saturated heterocycles. The number of oxime groups is 1. The smallest absolute Gasteiger partial charge is 0.187 e. The lowest BCUT2D eigenvalue weighted by atomic mass is 10.0. The fourth-order valence-corrected chi connectivity index (χ4v) is 0.374. The van der Waals surface area contributed by atoms with Gasteiger partial charge in [0.1, 0.15) is 11.7 Å². The Morgan fingerprint density at radius 2 is 2.20 bits per heavy atom. The molecule has 0 aliphatic rings. The highest BCUT2D eigenvalue weighted by atomic mass is 16.5. The quantitative estimate of drug-likeness (QED) is 0.351. The molecular weight excluding hydrogens is 132 g/mol. The van der Waals surface area contributed by atoms with Gasteiger partial charge in [-0.3, -0.25) is 0 Å². The van der Waals surface area contributed by atoms with E-state index in [-0.39, 0.29) is 5.71 Å². The van der Waals surface area contributed by atoms with Crippen molar-refractivity contribution in [3.05, 3.63) is 0 Å². The fraction of sp³-hybridized carbons (Fsp3) is 0.667. The van der Waals surface area contributed by atoms with Crippen LogP contribution in [0.3, 0.4) is 0 Å². The zero-order valence-electron chi connectivity index (χ0n) is 6.25. The van der Waals surface area contributed by atoms with Crippen molar-refractivity contribution in [1.82, 2.24) is 0 Å². The molecule has 0 aliphatic heterocycles. The lowest BCUT2D eigenvalue weighted by Crippen LogP contribution is -2.32. The Labute approximate surface area is 59.7 Å². The lowest BCUT2D eigenvalue weighted by molar-refractivity contribution is 0.0809. The average Bonchev–Trinajstić information content (AvgIpc) is 1.90. The van der Waals surface area contributed by atoms with Crippen molar-refractivity contribution in [2.45, 2.75) is 19.4 Å². The molecule has 0 unspecified atom stereocenters. The van der Waals surface area contributed by atoms with E-state index in [1.54, 1.807) is 19.9 Å². The van der Waals surface area contributed by atoms with Gasteiger partial charge in [0, 0.05) is 7.11 Å². The Hall–Kier alpha value is -1.08. The van der Waals surface area contributed by atoms with E-state index in [1.807, 2.05) is 0 Å². The van der Waals surface area contributed by atoms with E-state index < -0.39 is 5.60 Å². The third kappa shape index (κ3) is 1.71. The van der Waals surface area contributed by atoms with E-state index >= 15 is 0 Å². The summed E-state index contributed by atoms with van der Waals surface area (Å²) in [5, 5.41) is 19.4. The fourth-order valence-electron chi connectivity index (χ4n) is 0.374. The molecule has 0 aromatic carbocycles. The topological polar surface area (TPSA) is 65.6 Å². The van der Waals surface area contributed by atoms with Gasteiger partial charge < -0.3 is 9.94 Å². The molecule has 10 heavy (non-hydrogen) atoms. The van der Waals surface area contributed by atoms with E-state index in [1.165, 1.54) is 7.11 Å². The first-order valence-electron chi connectivity index (χ1n) is 2.76. The number of rotatable bonds is 2. The summed E-state index contributed by atoms with van der Waals surface area (Å²) in [5.41, 5.74) is -0.834. The molecule has 0 amide bonds. The van der Waals surface area contributed by atoms with E-state index in [4.69, 9.17) is 15.2 Å². The van der Waals surface area contributed by atoms with Crippen molar-refractivity contribution < 1.29 is 9.94 Å². The van der Waals surface area contributed by atoms with Gasteiger partial charge in [-0.1, -0.05) is 5.16 Å². The Morgan fingerprint density at radius 3 is 2.30 bits per heavy atom. The molecule has 0 aromatic heterocycles. The molecule has 0 rings (SSSR count). The molecule has 0 aliphatic carbocycles. The van der Waals surface area contributed by atoms with E-state index in [0.29, 0.717) is 0 Å². The summed E-state index contributed by atoms with van der Waals surface area (Å²) in [5.74, 6) is 0. The van der Waals surface area contributed by atoms with E-state index in [9.17, 15) is 0 Å². The highest BCUT2D eigenvalue weighted by molar-refractivity contribution is 6.04. The summed E-state index contributed by atoms with van der Waals surface area (Å²) >= 11 is 0. The highest BCUT2D eigenvalue weighted by Crippen LogP contribution is 2.08. The number of hydrogen-bond donors (Lipinski definition) is 1. The number of ether oxygens (including phenoxy) is 1. The molecule has 56 valence electrons. The zero-order valence-corrected chi connectivity index (χ0v) is 6.25. The van der Waals surface area contributed by atoms with Crippen molar-refractivity contribution in [2.24, 2.45) is 5.16 Å². The molecule has 0 aromatic rings. The van der Waals surface area contributed by atoms with Crippen LogP contribution in [0, 0.1) is 11.3 Å². The van der Waals surface area contributed by atoms with Crippen LogP contribution in [0.5, 0.6) is 0 Å². The van der Waals surface area contributed by atoms with Crippen molar-refractivity contribution >= 4 is 5.71 Å². The Morgan fingerprint density at radius 1 is 1.70 bits per heavy atom. The number of methoxy groups -OCH3 is 1.